The van der Waals surface area contributed by atoms with Crippen LogP contribution in [0, 0.1) is 5.92 Å². The highest BCUT2D eigenvalue weighted by Crippen LogP contribution is 2.34. The minimum atomic E-state index is -3.85. The highest BCUT2D eigenvalue weighted by Gasteiger charge is 2.37. The molecule has 2 aromatic carbocycles. The first-order chi connectivity index (χ1) is 13.9. The molecule has 9 heteroatoms. The zero-order valence-corrected chi connectivity index (χ0v) is 17.9. The zero-order chi connectivity index (χ0) is 20.6. The van der Waals surface area contributed by atoms with Gasteiger partial charge in [-0.2, -0.15) is 4.31 Å². The Bertz CT molecular complexity index is 1040. The molecule has 0 saturated carbocycles. The van der Waals surface area contributed by atoms with Crippen LogP contribution in [-0.2, 0) is 14.8 Å². The number of hydrogen-bond donors (Lipinski definition) is 0. The summed E-state index contributed by atoms with van der Waals surface area (Å²) >= 11 is 12.1. The molecule has 6 nitrogen and oxygen atoms in total. The number of ether oxygens (including phenoxy) is 1. The van der Waals surface area contributed by atoms with Gasteiger partial charge < -0.3 is 9.64 Å². The zero-order valence-electron chi connectivity index (χ0n) is 15.6. The van der Waals surface area contributed by atoms with Gasteiger partial charge >= 0.3 is 0 Å². The Morgan fingerprint density at radius 2 is 1.90 bits per heavy atom. The van der Waals surface area contributed by atoms with Crippen LogP contribution >= 0.6 is 23.2 Å². The fourth-order valence-electron chi connectivity index (χ4n) is 3.80. The summed E-state index contributed by atoms with van der Waals surface area (Å²) in [6, 6.07) is 11.7. The minimum absolute atomic E-state index is 0.0310. The number of halogens is 2. The number of carbonyl (C=O) groups excluding carboxylic acids is 1. The van der Waals surface area contributed by atoms with E-state index in [2.05, 4.69) is 0 Å². The highest BCUT2D eigenvalue weighted by molar-refractivity contribution is 7.89. The van der Waals surface area contributed by atoms with Gasteiger partial charge in [0.05, 0.1) is 23.2 Å². The molecule has 29 heavy (non-hydrogen) atoms. The number of sulfonamides is 1. The second kappa shape index (κ2) is 8.14. The molecule has 1 fully saturated rings. The molecule has 1 atom stereocenters. The largest absolute Gasteiger partial charge is 0.490 e. The molecule has 0 radical (unpaired) electrons. The van der Waals surface area contributed by atoms with Gasteiger partial charge in [0, 0.05) is 18.1 Å². The van der Waals surface area contributed by atoms with Gasteiger partial charge in [0.1, 0.15) is 17.3 Å². The number of piperidine rings is 1. The third-order valence-electron chi connectivity index (χ3n) is 5.24. The smallest absolute Gasteiger partial charge is 0.244 e. The summed E-state index contributed by atoms with van der Waals surface area (Å²) in [5.74, 6) is 0.151. The van der Waals surface area contributed by atoms with E-state index in [9.17, 15) is 13.2 Å². The maximum Gasteiger partial charge on any atom is 0.244 e. The quantitative estimate of drug-likeness (QED) is 0.706. The number of carbonyl (C=O) groups is 1. The first-order valence-corrected chi connectivity index (χ1v) is 11.6. The lowest BCUT2D eigenvalue weighted by atomic mass is 9.97. The molecule has 0 spiro atoms. The van der Waals surface area contributed by atoms with Crippen LogP contribution < -0.4 is 9.64 Å². The second-order valence-electron chi connectivity index (χ2n) is 7.08. The van der Waals surface area contributed by atoms with Crippen molar-refractivity contribution >= 4 is 44.8 Å². The SMILES string of the molecule is O=C([C@H]1CCCN(S(=O)(=O)c2cc(Cl)ccc2Cl)C1)N1CCOc2ccccc21. The summed E-state index contributed by atoms with van der Waals surface area (Å²) < 4.78 is 33.2. The topological polar surface area (TPSA) is 66.9 Å². The van der Waals surface area contributed by atoms with E-state index < -0.39 is 15.9 Å². The van der Waals surface area contributed by atoms with Crippen molar-refractivity contribution in [2.45, 2.75) is 17.7 Å². The standard InChI is InChI=1S/C20H20Cl2N2O4S/c21-15-7-8-16(22)19(12-15)29(26,27)23-9-3-4-14(13-23)20(25)24-10-11-28-18-6-2-1-5-17(18)24/h1-2,5-8,12,14H,3-4,9-11,13H2/t14-/m0/s1. The third-order valence-corrected chi connectivity index (χ3v) is 7.82. The predicted molar refractivity (Wildman–Crippen MR) is 112 cm³/mol. The fourth-order valence-corrected chi connectivity index (χ4v) is 6.06. The average Bonchev–Trinajstić information content (AvgIpc) is 2.74. The number of amides is 1. The van der Waals surface area contributed by atoms with Crippen molar-refractivity contribution in [1.82, 2.24) is 4.31 Å². The molecule has 1 amide bonds. The van der Waals surface area contributed by atoms with E-state index in [4.69, 9.17) is 27.9 Å². The van der Waals surface area contributed by atoms with E-state index in [0.29, 0.717) is 43.3 Å². The molecule has 2 aromatic rings. The van der Waals surface area contributed by atoms with E-state index >= 15 is 0 Å². The summed E-state index contributed by atoms with van der Waals surface area (Å²) in [5, 5.41) is 0.410. The van der Waals surface area contributed by atoms with Gasteiger partial charge in [-0.1, -0.05) is 35.3 Å². The Labute approximate surface area is 180 Å². The van der Waals surface area contributed by atoms with Crippen LogP contribution in [0.1, 0.15) is 12.8 Å². The highest BCUT2D eigenvalue weighted by atomic mass is 35.5. The first kappa shape index (κ1) is 20.5. The van der Waals surface area contributed by atoms with Gasteiger partial charge in [-0.25, -0.2) is 8.42 Å². The minimum Gasteiger partial charge on any atom is -0.490 e. The molecule has 2 heterocycles. The maximum atomic E-state index is 13.2. The molecule has 0 bridgehead atoms. The van der Waals surface area contributed by atoms with Crippen molar-refractivity contribution in [1.29, 1.82) is 0 Å². The van der Waals surface area contributed by atoms with Gasteiger partial charge in [0.2, 0.25) is 15.9 Å². The van der Waals surface area contributed by atoms with E-state index in [1.807, 2.05) is 24.3 Å². The Hall–Kier alpha value is -1.80. The summed E-state index contributed by atoms with van der Waals surface area (Å²) in [7, 11) is -3.85. The Kier molecular flexibility index (Phi) is 5.75. The van der Waals surface area contributed by atoms with E-state index in [0.717, 1.165) is 5.69 Å². The Morgan fingerprint density at radius 1 is 1.10 bits per heavy atom. The molecule has 154 valence electrons. The fraction of sp³-hybridized carbons (Fsp3) is 0.350. The lowest BCUT2D eigenvalue weighted by Gasteiger charge is -2.36. The predicted octanol–water partition coefficient (Wildman–Crippen LogP) is 3.82. The number of fused-ring (bicyclic) bond motifs is 1. The summed E-state index contributed by atoms with van der Waals surface area (Å²) in [5.41, 5.74) is 0.724. The van der Waals surface area contributed by atoms with Crippen molar-refractivity contribution in [2.75, 3.05) is 31.1 Å². The van der Waals surface area contributed by atoms with Crippen molar-refractivity contribution in [3.8, 4) is 5.75 Å². The van der Waals surface area contributed by atoms with E-state index in [1.165, 1.54) is 16.4 Å². The molecule has 0 N–H and O–H groups in total. The summed E-state index contributed by atoms with van der Waals surface area (Å²) in [4.78, 5) is 14.9. The van der Waals surface area contributed by atoms with Gasteiger partial charge in [0.25, 0.3) is 0 Å². The molecule has 0 aliphatic carbocycles. The third kappa shape index (κ3) is 3.97. The van der Waals surface area contributed by atoms with E-state index in [1.54, 1.807) is 11.0 Å². The number of para-hydroxylation sites is 2. The van der Waals surface area contributed by atoms with Crippen LogP contribution in [0.25, 0.3) is 0 Å². The van der Waals surface area contributed by atoms with Gasteiger partial charge in [-0.15, -0.1) is 0 Å². The van der Waals surface area contributed by atoms with Crippen LogP contribution in [0.2, 0.25) is 10.0 Å². The molecular weight excluding hydrogens is 435 g/mol. The molecule has 2 aliphatic rings. The van der Waals surface area contributed by atoms with Gasteiger partial charge in [-0.3, -0.25) is 4.79 Å². The lowest BCUT2D eigenvalue weighted by molar-refractivity contribution is -0.123. The number of benzene rings is 2. The molecule has 0 unspecified atom stereocenters. The van der Waals surface area contributed by atoms with Crippen LogP contribution in [0.4, 0.5) is 5.69 Å². The van der Waals surface area contributed by atoms with Crippen LogP contribution in [0.5, 0.6) is 5.75 Å². The number of hydrogen-bond acceptors (Lipinski definition) is 4. The molecule has 1 saturated heterocycles. The lowest BCUT2D eigenvalue weighted by Crippen LogP contribution is -2.48. The second-order valence-corrected chi connectivity index (χ2v) is 9.83. The number of anilines is 1. The Balaban J connectivity index is 1.57. The summed E-state index contributed by atoms with van der Waals surface area (Å²) in [6.45, 7) is 1.31. The normalized spacial score (nSPS) is 20.1. The molecule has 4 rings (SSSR count). The van der Waals surface area contributed by atoms with Crippen LogP contribution in [-0.4, -0.2) is 44.9 Å². The van der Waals surface area contributed by atoms with E-state index in [-0.39, 0.29) is 22.4 Å². The number of nitrogens with zero attached hydrogens (tertiary/aromatic N) is 2. The summed E-state index contributed by atoms with van der Waals surface area (Å²) in [6.07, 6.45) is 1.23. The van der Waals surface area contributed by atoms with Gasteiger partial charge in [-0.05, 0) is 43.2 Å². The molecular formula is C20H20Cl2N2O4S. The van der Waals surface area contributed by atoms with Gasteiger partial charge in [0.15, 0.2) is 0 Å². The van der Waals surface area contributed by atoms with Crippen molar-refractivity contribution in [3.05, 3.63) is 52.5 Å². The van der Waals surface area contributed by atoms with Crippen molar-refractivity contribution < 1.29 is 17.9 Å². The maximum absolute atomic E-state index is 13.2. The van der Waals surface area contributed by atoms with Crippen molar-refractivity contribution in [3.63, 3.8) is 0 Å². The number of rotatable bonds is 3. The monoisotopic (exact) mass is 454 g/mol. The average molecular weight is 455 g/mol. The van der Waals surface area contributed by atoms with Crippen LogP contribution in [0.3, 0.4) is 0 Å². The molecule has 0 aromatic heterocycles. The molecule has 2 aliphatic heterocycles. The first-order valence-electron chi connectivity index (χ1n) is 9.36. The van der Waals surface area contributed by atoms with Crippen molar-refractivity contribution in [2.24, 2.45) is 5.92 Å². The Morgan fingerprint density at radius 3 is 2.72 bits per heavy atom. The van der Waals surface area contributed by atoms with Crippen LogP contribution in [0.15, 0.2) is 47.4 Å².